The van der Waals surface area contributed by atoms with E-state index in [0.717, 1.165) is 32.9 Å². The van der Waals surface area contributed by atoms with Crippen LogP contribution in [0.2, 0.25) is 0 Å². The van der Waals surface area contributed by atoms with E-state index in [-0.39, 0.29) is 0 Å². The van der Waals surface area contributed by atoms with Gasteiger partial charge < -0.3 is 5.11 Å². The highest BCUT2D eigenvalue weighted by molar-refractivity contribution is 7.17. The first-order valence-electron chi connectivity index (χ1n) is 6.93. The van der Waals surface area contributed by atoms with Crippen molar-refractivity contribution in [2.75, 3.05) is 0 Å². The minimum absolute atomic E-state index is 0.796. The van der Waals surface area contributed by atoms with Crippen molar-refractivity contribution in [1.82, 2.24) is 9.38 Å². The van der Waals surface area contributed by atoms with Gasteiger partial charge in [0.15, 0.2) is 4.96 Å². The van der Waals surface area contributed by atoms with Crippen LogP contribution in [0.3, 0.4) is 0 Å². The number of aryl methyl sites for hydroxylation is 3. The predicted octanol–water partition coefficient (Wildman–Crippen LogP) is 4.09. The third-order valence-electron chi connectivity index (χ3n) is 3.64. The molecule has 0 fully saturated rings. The van der Waals surface area contributed by atoms with Gasteiger partial charge in [-0.2, -0.15) is 0 Å². The molecule has 0 aliphatic heterocycles. The Morgan fingerprint density at radius 2 is 2.05 bits per heavy atom. The number of nitrogens with zero attached hydrogens (tertiary/aromatic N) is 2. The van der Waals surface area contributed by atoms with Gasteiger partial charge in [-0.25, -0.2) is 9.78 Å². The molecule has 0 bridgehead atoms. The topological polar surface area (TPSA) is 54.6 Å². The number of hydrogen-bond donors (Lipinski definition) is 1. The summed E-state index contributed by atoms with van der Waals surface area (Å²) in [5.74, 6) is -0.965. The van der Waals surface area contributed by atoms with Gasteiger partial charge in [-0.3, -0.25) is 4.40 Å². The Kier molecular flexibility index (Phi) is 3.58. The summed E-state index contributed by atoms with van der Waals surface area (Å²) in [6.07, 6.45) is 4.75. The fourth-order valence-electron chi connectivity index (χ4n) is 2.38. The van der Waals surface area contributed by atoms with Crippen molar-refractivity contribution >= 4 is 28.3 Å². The second kappa shape index (κ2) is 5.42. The van der Waals surface area contributed by atoms with Crippen LogP contribution in [-0.2, 0) is 4.79 Å². The van der Waals surface area contributed by atoms with Crippen LogP contribution in [0.15, 0.2) is 30.5 Å². The number of carboxylic acids is 1. The molecule has 112 valence electrons. The highest BCUT2D eigenvalue weighted by atomic mass is 32.1. The lowest BCUT2D eigenvalue weighted by Crippen LogP contribution is -1.90. The van der Waals surface area contributed by atoms with E-state index in [1.807, 2.05) is 23.6 Å². The lowest BCUT2D eigenvalue weighted by Gasteiger charge is -2.04. The Bertz CT molecular complexity index is 903. The van der Waals surface area contributed by atoms with Gasteiger partial charge in [-0.05, 0) is 44.0 Å². The van der Waals surface area contributed by atoms with Crippen molar-refractivity contribution < 1.29 is 9.90 Å². The summed E-state index contributed by atoms with van der Waals surface area (Å²) in [4.78, 5) is 17.6. The van der Waals surface area contributed by atoms with Crippen molar-refractivity contribution in [2.45, 2.75) is 20.8 Å². The maximum absolute atomic E-state index is 10.9. The SMILES string of the molecule is Cc1cn2c(/C=C/C(=O)O)c(-c3ccc(C)c(C)c3)nc2s1. The third-order valence-corrected chi connectivity index (χ3v) is 4.54. The first-order chi connectivity index (χ1) is 10.5. The van der Waals surface area contributed by atoms with Gasteiger partial charge >= 0.3 is 5.97 Å². The minimum Gasteiger partial charge on any atom is -0.478 e. The van der Waals surface area contributed by atoms with Crippen LogP contribution in [-0.4, -0.2) is 20.5 Å². The van der Waals surface area contributed by atoms with Crippen LogP contribution in [0.1, 0.15) is 21.7 Å². The number of fused-ring (bicyclic) bond motifs is 1. The zero-order valence-corrected chi connectivity index (χ0v) is 13.4. The summed E-state index contributed by atoms with van der Waals surface area (Å²) in [7, 11) is 0. The van der Waals surface area contributed by atoms with Gasteiger partial charge in [0.05, 0.1) is 11.4 Å². The zero-order valence-electron chi connectivity index (χ0n) is 12.6. The van der Waals surface area contributed by atoms with Crippen LogP contribution >= 0.6 is 11.3 Å². The number of aromatic nitrogens is 2. The smallest absolute Gasteiger partial charge is 0.328 e. The molecule has 0 unspecified atom stereocenters. The van der Waals surface area contributed by atoms with Crippen LogP contribution in [0.4, 0.5) is 0 Å². The molecule has 4 nitrogen and oxygen atoms in total. The summed E-state index contributed by atoms with van der Waals surface area (Å²) < 4.78 is 1.95. The largest absolute Gasteiger partial charge is 0.478 e. The molecule has 0 atom stereocenters. The molecule has 0 aliphatic rings. The van der Waals surface area contributed by atoms with Gasteiger partial charge in [0.1, 0.15) is 0 Å². The highest BCUT2D eigenvalue weighted by Crippen LogP contribution is 2.30. The fourth-order valence-corrected chi connectivity index (χ4v) is 3.22. The Balaban J connectivity index is 2.23. The molecule has 0 amide bonds. The van der Waals surface area contributed by atoms with Crippen LogP contribution in [0.5, 0.6) is 0 Å². The normalized spacial score (nSPS) is 11.6. The number of hydrogen-bond acceptors (Lipinski definition) is 3. The van der Waals surface area contributed by atoms with Crippen LogP contribution in [0, 0.1) is 20.8 Å². The molecular formula is C17H16N2O2S. The van der Waals surface area contributed by atoms with E-state index in [0.29, 0.717) is 0 Å². The first-order valence-corrected chi connectivity index (χ1v) is 7.74. The van der Waals surface area contributed by atoms with E-state index < -0.39 is 5.97 Å². The molecule has 1 N–H and O–H groups in total. The molecule has 3 rings (SSSR count). The third kappa shape index (κ3) is 2.55. The highest BCUT2D eigenvalue weighted by Gasteiger charge is 2.14. The zero-order chi connectivity index (χ0) is 15.9. The van der Waals surface area contributed by atoms with E-state index in [4.69, 9.17) is 5.11 Å². The molecule has 2 heterocycles. The van der Waals surface area contributed by atoms with Crippen molar-refractivity contribution in [3.8, 4) is 11.3 Å². The van der Waals surface area contributed by atoms with Gasteiger partial charge in [0.25, 0.3) is 0 Å². The van der Waals surface area contributed by atoms with Crippen molar-refractivity contribution in [3.05, 3.63) is 52.2 Å². The molecule has 0 spiro atoms. The van der Waals surface area contributed by atoms with E-state index in [2.05, 4.69) is 31.0 Å². The Morgan fingerprint density at radius 1 is 1.27 bits per heavy atom. The van der Waals surface area contributed by atoms with Gasteiger partial charge in [-0.15, -0.1) is 11.3 Å². The number of carboxylic acid groups (broad SMARTS) is 1. The maximum atomic E-state index is 10.9. The van der Waals surface area contributed by atoms with Gasteiger partial charge in [0.2, 0.25) is 0 Å². The van der Waals surface area contributed by atoms with Gasteiger partial charge in [0, 0.05) is 22.7 Å². The molecule has 0 aliphatic carbocycles. The van der Waals surface area contributed by atoms with Gasteiger partial charge in [-0.1, -0.05) is 12.1 Å². The lowest BCUT2D eigenvalue weighted by atomic mass is 10.0. The molecule has 0 radical (unpaired) electrons. The summed E-state index contributed by atoms with van der Waals surface area (Å²) in [5.41, 5.74) is 5.03. The van der Waals surface area contributed by atoms with Crippen molar-refractivity contribution in [1.29, 1.82) is 0 Å². The minimum atomic E-state index is -0.965. The monoisotopic (exact) mass is 312 g/mol. The number of benzene rings is 1. The molecule has 22 heavy (non-hydrogen) atoms. The molecule has 0 saturated heterocycles. The number of aliphatic carboxylic acids is 1. The van der Waals surface area contributed by atoms with Crippen LogP contribution < -0.4 is 0 Å². The number of thiazole rings is 1. The molecule has 0 saturated carbocycles. The van der Waals surface area contributed by atoms with E-state index in [9.17, 15) is 4.79 Å². The lowest BCUT2D eigenvalue weighted by molar-refractivity contribution is -0.131. The molecular weight excluding hydrogens is 296 g/mol. The maximum Gasteiger partial charge on any atom is 0.328 e. The second-order valence-electron chi connectivity index (χ2n) is 5.31. The summed E-state index contributed by atoms with van der Waals surface area (Å²) in [6.45, 7) is 6.15. The molecule has 3 aromatic rings. The average molecular weight is 312 g/mol. The van der Waals surface area contributed by atoms with E-state index in [1.54, 1.807) is 17.4 Å². The van der Waals surface area contributed by atoms with Crippen LogP contribution in [0.25, 0.3) is 22.3 Å². The average Bonchev–Trinajstić information content (AvgIpc) is 2.95. The van der Waals surface area contributed by atoms with E-state index in [1.165, 1.54) is 11.1 Å². The molecule has 1 aromatic carbocycles. The fraction of sp³-hybridized carbons (Fsp3) is 0.176. The standard InChI is InChI=1S/C17H16N2O2S/c1-10-4-5-13(8-11(10)2)16-14(6-7-15(20)21)19-9-12(3)22-17(19)18-16/h4-9H,1-3H3,(H,20,21)/b7-6+. The summed E-state index contributed by atoms with van der Waals surface area (Å²) in [6, 6.07) is 6.18. The molecule has 2 aromatic heterocycles. The summed E-state index contributed by atoms with van der Waals surface area (Å²) in [5, 5.41) is 8.92. The van der Waals surface area contributed by atoms with Crippen molar-refractivity contribution in [3.63, 3.8) is 0 Å². The summed E-state index contributed by atoms with van der Waals surface area (Å²) >= 11 is 1.59. The molecule has 5 heteroatoms. The first kappa shape index (κ1) is 14.5. The van der Waals surface area contributed by atoms with E-state index >= 15 is 0 Å². The second-order valence-corrected chi connectivity index (χ2v) is 6.52. The Hall–Kier alpha value is -2.40. The quantitative estimate of drug-likeness (QED) is 0.741. The Morgan fingerprint density at radius 3 is 2.73 bits per heavy atom. The number of imidazole rings is 1. The number of rotatable bonds is 3. The van der Waals surface area contributed by atoms with Crippen molar-refractivity contribution in [2.24, 2.45) is 0 Å². The predicted molar refractivity (Wildman–Crippen MR) is 89.4 cm³/mol. The Labute approximate surface area is 132 Å². The number of carbonyl (C=O) groups is 1.